The van der Waals surface area contributed by atoms with Crippen LogP contribution in [0.15, 0.2) is 40.8 Å². The second-order valence-electron chi connectivity index (χ2n) is 6.13. The molecule has 0 fully saturated rings. The molecule has 1 aromatic carbocycles. The van der Waals surface area contributed by atoms with Gasteiger partial charge >= 0.3 is 0 Å². The summed E-state index contributed by atoms with van der Waals surface area (Å²) in [6.07, 6.45) is 3.57. The van der Waals surface area contributed by atoms with E-state index in [9.17, 15) is 9.59 Å². The maximum atomic E-state index is 12.7. The maximum Gasteiger partial charge on any atom is 0.262 e. The van der Waals surface area contributed by atoms with E-state index in [1.165, 1.54) is 22.2 Å². The molecule has 3 heterocycles. The number of benzene rings is 1. The fraction of sp³-hybridized carbons (Fsp3) is 0.278. The van der Waals surface area contributed by atoms with E-state index in [-0.39, 0.29) is 30.3 Å². The average molecular weight is 391 g/mol. The maximum absolute atomic E-state index is 12.7. The zero-order valence-electron chi connectivity index (χ0n) is 14.1. The zero-order valence-corrected chi connectivity index (χ0v) is 15.7. The first-order chi connectivity index (χ1) is 12.1. The van der Waals surface area contributed by atoms with Gasteiger partial charge in [-0.3, -0.25) is 14.2 Å². The first-order valence-electron chi connectivity index (χ1n) is 8.25. The highest BCUT2D eigenvalue weighted by atomic mass is 35.5. The normalized spacial score (nSPS) is 13.3. The Morgan fingerprint density at radius 3 is 3.00 bits per heavy atom. The van der Waals surface area contributed by atoms with Gasteiger partial charge in [0.1, 0.15) is 4.83 Å². The molecule has 0 radical (unpaired) electrons. The van der Waals surface area contributed by atoms with Crippen molar-refractivity contribution < 1.29 is 4.79 Å². The Labute approximate surface area is 160 Å². The lowest BCUT2D eigenvalue weighted by Crippen LogP contribution is -2.36. The van der Waals surface area contributed by atoms with Gasteiger partial charge in [-0.2, -0.15) is 0 Å². The van der Waals surface area contributed by atoms with Crippen molar-refractivity contribution in [1.29, 1.82) is 0 Å². The van der Waals surface area contributed by atoms with Crippen LogP contribution in [0.2, 0.25) is 0 Å². The second kappa shape index (κ2) is 7.47. The van der Waals surface area contributed by atoms with Crippen molar-refractivity contribution in [2.45, 2.75) is 25.8 Å². The Hall–Kier alpha value is -2.38. The van der Waals surface area contributed by atoms with Crippen molar-refractivity contribution in [3.8, 4) is 0 Å². The number of nitrogens with two attached hydrogens (primary N) is 1. The largest absolute Gasteiger partial charge is 0.398 e. The topological polar surface area (TPSA) is 81.2 Å². The zero-order chi connectivity index (χ0) is 17.4. The molecule has 2 N–H and O–H groups in total. The molecule has 6 nitrogen and oxygen atoms in total. The highest BCUT2D eigenvalue weighted by Gasteiger charge is 2.23. The second-order valence-corrected chi connectivity index (χ2v) is 7.02. The summed E-state index contributed by atoms with van der Waals surface area (Å²) in [6.45, 7) is 1.01. The fourth-order valence-electron chi connectivity index (χ4n) is 3.31. The molecule has 0 bridgehead atoms. The summed E-state index contributed by atoms with van der Waals surface area (Å²) < 4.78 is 1.51. The van der Waals surface area contributed by atoms with E-state index in [1.54, 1.807) is 11.0 Å². The monoisotopic (exact) mass is 390 g/mol. The third-order valence-electron chi connectivity index (χ3n) is 4.60. The summed E-state index contributed by atoms with van der Waals surface area (Å²) in [5, 5.41) is 2.46. The van der Waals surface area contributed by atoms with Crippen LogP contribution in [0.3, 0.4) is 0 Å². The van der Waals surface area contributed by atoms with Gasteiger partial charge in [-0.1, -0.05) is 6.07 Å². The van der Waals surface area contributed by atoms with Gasteiger partial charge in [0.15, 0.2) is 0 Å². The van der Waals surface area contributed by atoms with Crippen LogP contribution < -0.4 is 16.2 Å². The quantitative estimate of drug-likeness (QED) is 0.697. The standard InChI is InChI=1S/C18H18N4O2S.ClH/c19-14-4-1-5-15-12(14)3-2-8-22(15)16(23)6-9-21-11-20-17-13(18(21)24)7-10-25-17;/h1,4-5,7,10-11H,2-3,6,8-9,19H2;1H. The predicted octanol–water partition coefficient (Wildman–Crippen LogP) is 2.83. The third-order valence-corrected chi connectivity index (χ3v) is 5.43. The Balaban J connectivity index is 0.00000196. The molecule has 0 unspecified atom stereocenters. The molecule has 1 aliphatic rings. The molecule has 0 spiro atoms. The molecule has 4 rings (SSSR count). The molecule has 0 atom stereocenters. The van der Waals surface area contributed by atoms with E-state index >= 15 is 0 Å². The van der Waals surface area contributed by atoms with Gasteiger partial charge in [0.2, 0.25) is 5.91 Å². The molecule has 0 aliphatic carbocycles. The smallest absolute Gasteiger partial charge is 0.262 e. The Morgan fingerprint density at radius 1 is 1.31 bits per heavy atom. The molecular weight excluding hydrogens is 372 g/mol. The van der Waals surface area contributed by atoms with Crippen molar-refractivity contribution >= 4 is 51.2 Å². The minimum absolute atomic E-state index is 0. The summed E-state index contributed by atoms with van der Waals surface area (Å²) >= 11 is 1.44. The number of aryl methyl sites for hydroxylation is 1. The van der Waals surface area contributed by atoms with Crippen LogP contribution in [-0.2, 0) is 17.8 Å². The molecule has 2 aromatic heterocycles. The Morgan fingerprint density at radius 2 is 2.15 bits per heavy atom. The van der Waals surface area contributed by atoms with Crippen molar-refractivity contribution in [3.63, 3.8) is 0 Å². The van der Waals surface area contributed by atoms with Gasteiger partial charge in [-0.05, 0) is 42.0 Å². The van der Waals surface area contributed by atoms with Crippen molar-refractivity contribution in [2.75, 3.05) is 17.2 Å². The van der Waals surface area contributed by atoms with Crippen molar-refractivity contribution in [3.05, 3.63) is 51.9 Å². The Bertz CT molecular complexity index is 1010. The molecule has 0 saturated heterocycles. The van der Waals surface area contributed by atoms with Crippen LogP contribution in [-0.4, -0.2) is 22.0 Å². The molecule has 136 valence electrons. The van der Waals surface area contributed by atoms with E-state index in [1.807, 2.05) is 23.6 Å². The SMILES string of the molecule is Cl.Nc1cccc2c1CCCN2C(=O)CCn1cnc2sccc2c1=O. The first-order valence-corrected chi connectivity index (χ1v) is 9.13. The van der Waals surface area contributed by atoms with Gasteiger partial charge < -0.3 is 10.6 Å². The average Bonchev–Trinajstić information content (AvgIpc) is 3.10. The number of aromatic nitrogens is 2. The first kappa shape index (κ1) is 18.4. The van der Waals surface area contributed by atoms with E-state index in [0.717, 1.165) is 34.6 Å². The van der Waals surface area contributed by atoms with Gasteiger partial charge in [0.05, 0.1) is 11.7 Å². The third kappa shape index (κ3) is 3.20. The van der Waals surface area contributed by atoms with Gasteiger partial charge in [-0.25, -0.2) is 4.98 Å². The minimum Gasteiger partial charge on any atom is -0.398 e. The summed E-state index contributed by atoms with van der Waals surface area (Å²) in [5.41, 5.74) is 8.62. The minimum atomic E-state index is -0.0951. The number of thiophene rings is 1. The molecule has 3 aromatic rings. The predicted molar refractivity (Wildman–Crippen MR) is 107 cm³/mol. The molecule has 8 heteroatoms. The lowest BCUT2D eigenvalue weighted by molar-refractivity contribution is -0.118. The number of nitrogen functional groups attached to an aromatic ring is 1. The number of hydrogen-bond acceptors (Lipinski definition) is 5. The van der Waals surface area contributed by atoms with Gasteiger partial charge in [-0.15, -0.1) is 23.7 Å². The van der Waals surface area contributed by atoms with E-state index < -0.39 is 0 Å². The van der Waals surface area contributed by atoms with Crippen LogP contribution in [0.5, 0.6) is 0 Å². The number of halogens is 1. The molecule has 1 aliphatic heterocycles. The summed E-state index contributed by atoms with van der Waals surface area (Å²) in [5.74, 6) is 0.00358. The van der Waals surface area contributed by atoms with Crippen molar-refractivity contribution in [1.82, 2.24) is 9.55 Å². The van der Waals surface area contributed by atoms with Crippen LogP contribution in [0, 0.1) is 0 Å². The number of fused-ring (bicyclic) bond motifs is 2. The summed E-state index contributed by atoms with van der Waals surface area (Å²) in [6, 6.07) is 7.46. The molecule has 0 saturated carbocycles. The number of hydrogen-bond donors (Lipinski definition) is 1. The summed E-state index contributed by atoms with van der Waals surface area (Å²) in [7, 11) is 0. The van der Waals surface area contributed by atoms with E-state index in [2.05, 4.69) is 4.98 Å². The van der Waals surface area contributed by atoms with Crippen LogP contribution in [0.4, 0.5) is 11.4 Å². The van der Waals surface area contributed by atoms with E-state index in [0.29, 0.717) is 18.5 Å². The molecular formula is C18H19ClN4O2S. The molecule has 1 amide bonds. The van der Waals surface area contributed by atoms with Crippen LogP contribution in [0.1, 0.15) is 18.4 Å². The lowest BCUT2D eigenvalue weighted by Gasteiger charge is -2.30. The van der Waals surface area contributed by atoms with E-state index in [4.69, 9.17) is 5.73 Å². The lowest BCUT2D eigenvalue weighted by atomic mass is 9.99. The van der Waals surface area contributed by atoms with Gasteiger partial charge in [0.25, 0.3) is 5.56 Å². The number of carbonyl (C=O) groups is 1. The van der Waals surface area contributed by atoms with Crippen molar-refractivity contribution in [2.24, 2.45) is 0 Å². The highest BCUT2D eigenvalue weighted by molar-refractivity contribution is 7.16. The highest BCUT2D eigenvalue weighted by Crippen LogP contribution is 2.31. The number of nitrogens with zero attached hydrogens (tertiary/aromatic N) is 3. The van der Waals surface area contributed by atoms with Gasteiger partial charge in [0, 0.05) is 30.9 Å². The Kier molecular flexibility index (Phi) is 5.29. The fourth-order valence-corrected chi connectivity index (χ4v) is 4.04. The van der Waals surface area contributed by atoms with Crippen LogP contribution in [0.25, 0.3) is 10.2 Å². The number of amides is 1. The van der Waals surface area contributed by atoms with Crippen LogP contribution >= 0.6 is 23.7 Å². The molecule has 26 heavy (non-hydrogen) atoms. The number of carbonyl (C=O) groups excluding carboxylic acids is 1. The number of anilines is 2. The summed E-state index contributed by atoms with van der Waals surface area (Å²) in [4.78, 5) is 31.9. The number of rotatable bonds is 3.